The first-order chi connectivity index (χ1) is 13.5. The van der Waals surface area contributed by atoms with E-state index in [0.29, 0.717) is 18.9 Å². The zero-order valence-electron chi connectivity index (χ0n) is 17.4. The monoisotopic (exact) mass is 381 g/mol. The highest BCUT2D eigenvalue weighted by Gasteiger charge is 2.23. The van der Waals surface area contributed by atoms with Gasteiger partial charge in [0.25, 0.3) is 0 Å². The van der Waals surface area contributed by atoms with Crippen LogP contribution in [0.5, 0.6) is 0 Å². The van der Waals surface area contributed by atoms with Crippen LogP contribution in [-0.2, 0) is 9.53 Å². The van der Waals surface area contributed by atoms with Gasteiger partial charge in [-0.3, -0.25) is 4.79 Å². The summed E-state index contributed by atoms with van der Waals surface area (Å²) in [5, 5.41) is 0. The van der Waals surface area contributed by atoms with Crippen LogP contribution < -0.4 is 9.80 Å². The van der Waals surface area contributed by atoms with Crippen LogP contribution >= 0.6 is 0 Å². The van der Waals surface area contributed by atoms with E-state index in [1.165, 1.54) is 16.7 Å². The minimum absolute atomic E-state index is 0.0729. The third-order valence-corrected chi connectivity index (χ3v) is 5.48. The van der Waals surface area contributed by atoms with Crippen LogP contribution in [0.15, 0.2) is 36.5 Å². The number of benzene rings is 1. The molecule has 0 N–H and O–H groups in total. The molecule has 0 atom stereocenters. The van der Waals surface area contributed by atoms with Crippen LogP contribution in [0.3, 0.4) is 0 Å². The molecule has 0 radical (unpaired) electrons. The van der Waals surface area contributed by atoms with E-state index in [1.54, 1.807) is 0 Å². The number of ether oxygens (including phenoxy) is 1. The zero-order valence-corrected chi connectivity index (χ0v) is 17.4. The van der Waals surface area contributed by atoms with Crippen LogP contribution in [-0.4, -0.2) is 44.7 Å². The highest BCUT2D eigenvalue weighted by molar-refractivity contribution is 5.82. The fraction of sp³-hybridized carbons (Fsp3) is 0.478. The van der Waals surface area contributed by atoms with Crippen molar-refractivity contribution in [1.29, 1.82) is 0 Å². The minimum Gasteiger partial charge on any atom is -0.466 e. The first-order valence-electron chi connectivity index (χ1n) is 10.1. The Balaban J connectivity index is 1.78. The molecule has 1 aromatic heterocycles. The maximum absolute atomic E-state index is 11.7. The van der Waals surface area contributed by atoms with Crippen molar-refractivity contribution in [3.05, 3.63) is 42.1 Å². The van der Waals surface area contributed by atoms with Gasteiger partial charge < -0.3 is 14.5 Å². The molecule has 1 aromatic carbocycles. The van der Waals surface area contributed by atoms with E-state index in [1.807, 2.05) is 13.1 Å². The smallest absolute Gasteiger partial charge is 0.306 e. The Morgan fingerprint density at radius 2 is 1.93 bits per heavy atom. The molecule has 0 amide bonds. The van der Waals surface area contributed by atoms with Gasteiger partial charge in [0.1, 0.15) is 5.82 Å². The molecule has 0 unspecified atom stereocenters. The van der Waals surface area contributed by atoms with E-state index >= 15 is 0 Å². The van der Waals surface area contributed by atoms with Gasteiger partial charge in [-0.15, -0.1) is 0 Å². The fourth-order valence-corrected chi connectivity index (χ4v) is 3.88. The maximum atomic E-state index is 11.7. The van der Waals surface area contributed by atoms with E-state index in [4.69, 9.17) is 9.72 Å². The van der Waals surface area contributed by atoms with Gasteiger partial charge in [-0.05, 0) is 49.8 Å². The summed E-state index contributed by atoms with van der Waals surface area (Å²) < 4.78 is 5.10. The minimum atomic E-state index is -0.0729. The Bertz CT molecular complexity index is 811. The SMILES string of the molecule is CCOC(=O)CC1CCN(c2cc(-c3ccccc3C)c(N(C)C)cn2)CC1. The van der Waals surface area contributed by atoms with Crippen LogP contribution in [0.2, 0.25) is 0 Å². The molecule has 150 valence electrons. The first kappa shape index (κ1) is 20.2. The van der Waals surface area contributed by atoms with E-state index in [-0.39, 0.29) is 5.97 Å². The Labute approximate surface area is 168 Å². The summed E-state index contributed by atoms with van der Waals surface area (Å²) in [5.41, 5.74) is 4.83. The molecule has 2 aromatic rings. The quantitative estimate of drug-likeness (QED) is 0.699. The molecule has 5 nitrogen and oxygen atoms in total. The lowest BCUT2D eigenvalue weighted by Crippen LogP contribution is -2.35. The average molecular weight is 382 g/mol. The number of hydrogen-bond acceptors (Lipinski definition) is 5. The summed E-state index contributed by atoms with van der Waals surface area (Å²) in [6.45, 7) is 6.31. The van der Waals surface area contributed by atoms with Crippen LogP contribution in [0.25, 0.3) is 11.1 Å². The van der Waals surface area contributed by atoms with E-state index in [0.717, 1.165) is 37.4 Å². The highest BCUT2D eigenvalue weighted by atomic mass is 16.5. The molecule has 2 heterocycles. The van der Waals surface area contributed by atoms with Gasteiger partial charge in [-0.2, -0.15) is 0 Å². The van der Waals surface area contributed by atoms with Crippen molar-refractivity contribution in [3.63, 3.8) is 0 Å². The maximum Gasteiger partial charge on any atom is 0.306 e. The molecule has 1 fully saturated rings. The molecular weight excluding hydrogens is 350 g/mol. The van der Waals surface area contributed by atoms with Crippen molar-refractivity contribution in [2.45, 2.75) is 33.1 Å². The first-order valence-corrected chi connectivity index (χ1v) is 10.1. The Morgan fingerprint density at radius 1 is 1.21 bits per heavy atom. The van der Waals surface area contributed by atoms with Gasteiger partial charge in [0, 0.05) is 39.2 Å². The summed E-state index contributed by atoms with van der Waals surface area (Å²) in [5.74, 6) is 1.35. The number of aryl methyl sites for hydroxylation is 1. The zero-order chi connectivity index (χ0) is 20.1. The number of rotatable bonds is 6. The van der Waals surface area contributed by atoms with Crippen LogP contribution in [0.1, 0.15) is 31.7 Å². The lowest BCUT2D eigenvalue weighted by molar-refractivity contribution is -0.144. The number of piperidine rings is 1. The van der Waals surface area contributed by atoms with Gasteiger partial charge in [0.15, 0.2) is 0 Å². The van der Waals surface area contributed by atoms with Crippen molar-refractivity contribution in [2.24, 2.45) is 5.92 Å². The Kier molecular flexibility index (Phi) is 6.55. The van der Waals surface area contributed by atoms with Gasteiger partial charge in [0.05, 0.1) is 18.5 Å². The second-order valence-corrected chi connectivity index (χ2v) is 7.71. The Hall–Kier alpha value is -2.56. The molecule has 5 heteroatoms. The van der Waals surface area contributed by atoms with Crippen molar-refractivity contribution >= 4 is 17.5 Å². The summed E-state index contributed by atoms with van der Waals surface area (Å²) in [4.78, 5) is 20.9. The third-order valence-electron chi connectivity index (χ3n) is 5.48. The molecule has 28 heavy (non-hydrogen) atoms. The van der Waals surface area contributed by atoms with Crippen molar-refractivity contribution < 1.29 is 9.53 Å². The van der Waals surface area contributed by atoms with E-state index < -0.39 is 0 Å². The van der Waals surface area contributed by atoms with Gasteiger partial charge in [-0.25, -0.2) is 4.98 Å². The van der Waals surface area contributed by atoms with Gasteiger partial charge >= 0.3 is 5.97 Å². The third kappa shape index (κ3) is 4.64. The predicted octanol–water partition coefficient (Wildman–Crippen LogP) is 4.29. The molecular formula is C23H31N3O2. The largest absolute Gasteiger partial charge is 0.466 e. The molecule has 0 aliphatic carbocycles. The number of aromatic nitrogens is 1. The number of carbonyl (C=O) groups is 1. The summed E-state index contributed by atoms with van der Waals surface area (Å²) in [7, 11) is 4.11. The molecule has 1 saturated heterocycles. The van der Waals surface area contributed by atoms with Crippen LogP contribution in [0, 0.1) is 12.8 Å². The second kappa shape index (κ2) is 9.09. The summed E-state index contributed by atoms with van der Waals surface area (Å²) in [6, 6.07) is 10.7. The average Bonchev–Trinajstić information content (AvgIpc) is 2.68. The number of pyridine rings is 1. The number of carbonyl (C=O) groups excluding carboxylic acids is 1. The van der Waals surface area contributed by atoms with Crippen molar-refractivity contribution in [3.8, 4) is 11.1 Å². The molecule has 0 spiro atoms. The second-order valence-electron chi connectivity index (χ2n) is 7.71. The van der Waals surface area contributed by atoms with Crippen molar-refractivity contribution in [1.82, 2.24) is 4.98 Å². The van der Waals surface area contributed by atoms with E-state index in [9.17, 15) is 4.79 Å². The number of hydrogen-bond donors (Lipinski definition) is 0. The molecule has 3 rings (SSSR count). The number of anilines is 2. The topological polar surface area (TPSA) is 45.7 Å². The van der Waals surface area contributed by atoms with Crippen molar-refractivity contribution in [2.75, 3.05) is 43.6 Å². The molecule has 1 aliphatic rings. The lowest BCUT2D eigenvalue weighted by atomic mass is 9.93. The summed E-state index contributed by atoms with van der Waals surface area (Å²) in [6.07, 6.45) is 4.50. The molecule has 1 aliphatic heterocycles. The molecule has 0 bridgehead atoms. The standard InChI is InChI=1S/C23H31N3O2/c1-5-28-23(27)14-18-10-12-26(13-11-18)22-15-20(21(16-24-22)25(3)4)19-9-7-6-8-17(19)2/h6-9,15-16,18H,5,10-14H2,1-4H3. The molecule has 0 saturated carbocycles. The fourth-order valence-electron chi connectivity index (χ4n) is 3.88. The van der Waals surface area contributed by atoms with Crippen LogP contribution in [0.4, 0.5) is 11.5 Å². The van der Waals surface area contributed by atoms with E-state index in [2.05, 4.69) is 61.2 Å². The van der Waals surface area contributed by atoms with Gasteiger partial charge in [-0.1, -0.05) is 24.3 Å². The number of nitrogens with zero attached hydrogens (tertiary/aromatic N) is 3. The lowest BCUT2D eigenvalue weighted by Gasteiger charge is -2.33. The normalized spacial score (nSPS) is 14.8. The summed E-state index contributed by atoms with van der Waals surface area (Å²) >= 11 is 0. The highest BCUT2D eigenvalue weighted by Crippen LogP contribution is 2.35. The number of esters is 1. The van der Waals surface area contributed by atoms with Gasteiger partial charge in [0.2, 0.25) is 0 Å². The Morgan fingerprint density at radius 3 is 2.57 bits per heavy atom. The predicted molar refractivity (Wildman–Crippen MR) is 115 cm³/mol.